The SMILES string of the molecule is CC(C)N1CCC(Cc2nnc3n2CC(c2c(O)ccc(Cl)c2Cl)C3)CC1. The second-order valence-corrected chi connectivity index (χ2v) is 8.90. The van der Waals surface area contributed by atoms with E-state index in [1.165, 1.54) is 12.8 Å². The van der Waals surface area contributed by atoms with Crippen LogP contribution in [-0.4, -0.2) is 43.9 Å². The van der Waals surface area contributed by atoms with Gasteiger partial charge in [0.1, 0.15) is 17.4 Å². The van der Waals surface area contributed by atoms with Gasteiger partial charge in [0.2, 0.25) is 0 Å². The molecule has 2 aliphatic rings. The molecule has 1 saturated heterocycles. The average Bonchev–Trinajstić information content (AvgIpc) is 3.21. The Morgan fingerprint density at radius 1 is 1.19 bits per heavy atom. The predicted molar refractivity (Wildman–Crippen MR) is 108 cm³/mol. The van der Waals surface area contributed by atoms with Crippen molar-refractivity contribution in [1.29, 1.82) is 0 Å². The Bertz CT molecular complexity index is 828. The number of piperidine rings is 1. The molecule has 1 aromatic carbocycles. The number of nitrogens with zero attached hydrogens (tertiary/aromatic N) is 4. The number of aromatic nitrogens is 3. The summed E-state index contributed by atoms with van der Waals surface area (Å²) in [6.45, 7) is 7.61. The zero-order chi connectivity index (χ0) is 19.1. The largest absolute Gasteiger partial charge is 0.508 e. The molecule has 2 aliphatic heterocycles. The van der Waals surface area contributed by atoms with Crippen molar-refractivity contribution < 1.29 is 5.11 Å². The Kier molecular flexibility index (Phi) is 5.36. The molecule has 1 atom stereocenters. The Morgan fingerprint density at radius 2 is 1.93 bits per heavy atom. The summed E-state index contributed by atoms with van der Waals surface area (Å²) in [5, 5.41) is 20.1. The van der Waals surface area contributed by atoms with Crippen LogP contribution in [0.5, 0.6) is 5.75 Å². The first-order valence-electron chi connectivity index (χ1n) is 9.76. The van der Waals surface area contributed by atoms with Crippen molar-refractivity contribution in [3.63, 3.8) is 0 Å². The third-order valence-corrected chi connectivity index (χ3v) is 6.92. The molecule has 0 spiro atoms. The topological polar surface area (TPSA) is 54.2 Å². The first kappa shape index (κ1) is 19.0. The molecule has 4 rings (SSSR count). The van der Waals surface area contributed by atoms with Crippen LogP contribution in [0.15, 0.2) is 12.1 Å². The first-order chi connectivity index (χ1) is 12.9. The van der Waals surface area contributed by atoms with Crippen LogP contribution in [0.4, 0.5) is 0 Å². The Morgan fingerprint density at radius 3 is 2.63 bits per heavy atom. The molecule has 0 bridgehead atoms. The van der Waals surface area contributed by atoms with Crippen molar-refractivity contribution in [1.82, 2.24) is 19.7 Å². The van der Waals surface area contributed by atoms with Crippen molar-refractivity contribution in [3.05, 3.63) is 39.4 Å². The highest BCUT2D eigenvalue weighted by Gasteiger charge is 2.32. The molecule has 7 heteroatoms. The molecule has 1 unspecified atom stereocenters. The lowest BCUT2D eigenvalue weighted by Crippen LogP contribution is -2.39. The normalized spacial score (nSPS) is 21.1. The Hall–Kier alpha value is -1.30. The van der Waals surface area contributed by atoms with Gasteiger partial charge < -0.3 is 14.6 Å². The van der Waals surface area contributed by atoms with E-state index in [0.29, 0.717) is 22.0 Å². The zero-order valence-corrected chi connectivity index (χ0v) is 17.3. The zero-order valence-electron chi connectivity index (χ0n) is 15.8. The van der Waals surface area contributed by atoms with E-state index in [9.17, 15) is 5.11 Å². The second-order valence-electron chi connectivity index (χ2n) is 8.12. The van der Waals surface area contributed by atoms with E-state index in [0.717, 1.165) is 49.7 Å². The number of hydrogen-bond donors (Lipinski definition) is 1. The minimum atomic E-state index is 0.0863. The van der Waals surface area contributed by atoms with Crippen molar-refractivity contribution >= 4 is 23.2 Å². The summed E-state index contributed by atoms with van der Waals surface area (Å²) in [5.41, 5.74) is 0.728. The van der Waals surface area contributed by atoms with Gasteiger partial charge >= 0.3 is 0 Å². The number of halogens is 2. The third-order valence-electron chi connectivity index (χ3n) is 6.10. The number of aromatic hydroxyl groups is 1. The lowest BCUT2D eigenvalue weighted by molar-refractivity contribution is 0.148. The number of phenolic OH excluding ortho intramolecular Hbond substituents is 1. The van der Waals surface area contributed by atoms with Crippen molar-refractivity contribution in [2.75, 3.05) is 13.1 Å². The molecule has 0 amide bonds. The number of fused-ring (bicyclic) bond motifs is 1. The highest BCUT2D eigenvalue weighted by molar-refractivity contribution is 6.42. The van der Waals surface area contributed by atoms with Gasteiger partial charge in [-0.25, -0.2) is 0 Å². The lowest BCUT2D eigenvalue weighted by atomic mass is 9.92. The second kappa shape index (κ2) is 7.61. The maximum absolute atomic E-state index is 10.3. The fourth-order valence-electron chi connectivity index (χ4n) is 4.46. The number of likely N-dealkylation sites (tertiary alicyclic amines) is 1. The van der Waals surface area contributed by atoms with Gasteiger partial charge in [0, 0.05) is 36.9 Å². The first-order valence-corrected chi connectivity index (χ1v) is 10.5. The van der Waals surface area contributed by atoms with E-state index in [4.69, 9.17) is 23.2 Å². The summed E-state index contributed by atoms with van der Waals surface area (Å²) < 4.78 is 2.22. The quantitative estimate of drug-likeness (QED) is 0.819. The Labute approximate surface area is 170 Å². The summed E-state index contributed by atoms with van der Waals surface area (Å²) in [5.74, 6) is 2.99. The third kappa shape index (κ3) is 3.69. The van der Waals surface area contributed by atoms with E-state index in [1.54, 1.807) is 12.1 Å². The highest BCUT2D eigenvalue weighted by Crippen LogP contribution is 2.42. The smallest absolute Gasteiger partial charge is 0.133 e. The van der Waals surface area contributed by atoms with Crippen LogP contribution in [0.25, 0.3) is 0 Å². The van der Waals surface area contributed by atoms with E-state index in [2.05, 4.69) is 33.5 Å². The fraction of sp³-hybridized carbons (Fsp3) is 0.600. The molecule has 1 aromatic heterocycles. The standard InChI is InChI=1S/C20H26Cl2N4O/c1-12(2)25-7-5-13(6-8-25)9-17-23-24-18-10-14(11-26(17)18)19-16(27)4-3-15(21)20(19)22/h3-4,12-14,27H,5-11H2,1-2H3. The van der Waals surface area contributed by atoms with Crippen molar-refractivity contribution in [2.45, 2.75) is 58.0 Å². The maximum atomic E-state index is 10.3. The fourth-order valence-corrected chi connectivity index (χ4v) is 4.94. The van der Waals surface area contributed by atoms with Crippen molar-refractivity contribution in [2.24, 2.45) is 5.92 Å². The molecule has 0 radical (unpaired) electrons. The van der Waals surface area contributed by atoms with Gasteiger partial charge in [0.05, 0.1) is 10.0 Å². The minimum Gasteiger partial charge on any atom is -0.508 e. The summed E-state index contributed by atoms with van der Waals surface area (Å²) in [4.78, 5) is 2.55. The molecule has 1 N–H and O–H groups in total. The molecular weight excluding hydrogens is 383 g/mol. The molecule has 0 aliphatic carbocycles. The Balaban J connectivity index is 1.46. The van der Waals surface area contributed by atoms with Gasteiger partial charge in [-0.3, -0.25) is 0 Å². The van der Waals surface area contributed by atoms with Crippen molar-refractivity contribution in [3.8, 4) is 5.75 Å². The van der Waals surface area contributed by atoms with Crippen LogP contribution in [0, 0.1) is 5.92 Å². The summed E-state index contributed by atoms with van der Waals surface area (Å²) >= 11 is 12.5. The van der Waals surface area contributed by atoms with Gasteiger partial charge in [-0.05, 0) is 57.8 Å². The van der Waals surface area contributed by atoms with E-state index >= 15 is 0 Å². The van der Waals surface area contributed by atoms with Crippen LogP contribution in [0.3, 0.4) is 0 Å². The molecule has 3 heterocycles. The van der Waals surface area contributed by atoms with Crippen LogP contribution in [-0.2, 0) is 19.4 Å². The van der Waals surface area contributed by atoms with Gasteiger partial charge in [0.15, 0.2) is 0 Å². The number of benzene rings is 1. The molecule has 146 valence electrons. The van der Waals surface area contributed by atoms with Crippen LogP contribution >= 0.6 is 23.2 Å². The predicted octanol–water partition coefficient (Wildman–Crippen LogP) is 4.29. The van der Waals surface area contributed by atoms with Crippen LogP contribution < -0.4 is 0 Å². The lowest BCUT2D eigenvalue weighted by Gasteiger charge is -2.34. The van der Waals surface area contributed by atoms with Gasteiger partial charge in [-0.15, -0.1) is 10.2 Å². The summed E-state index contributed by atoms with van der Waals surface area (Å²) in [6.07, 6.45) is 4.13. The molecule has 5 nitrogen and oxygen atoms in total. The van der Waals surface area contributed by atoms with E-state index in [-0.39, 0.29) is 11.7 Å². The highest BCUT2D eigenvalue weighted by atomic mass is 35.5. The minimum absolute atomic E-state index is 0.0863. The van der Waals surface area contributed by atoms with Crippen LogP contribution in [0.1, 0.15) is 49.8 Å². The van der Waals surface area contributed by atoms with Gasteiger partial charge in [-0.1, -0.05) is 23.2 Å². The monoisotopic (exact) mass is 408 g/mol. The molecular formula is C20H26Cl2N4O. The molecule has 2 aromatic rings. The van der Waals surface area contributed by atoms with E-state index in [1.807, 2.05) is 0 Å². The maximum Gasteiger partial charge on any atom is 0.133 e. The number of phenols is 1. The summed E-state index contributed by atoms with van der Waals surface area (Å²) in [7, 11) is 0. The van der Waals surface area contributed by atoms with Crippen LogP contribution in [0.2, 0.25) is 10.0 Å². The molecule has 27 heavy (non-hydrogen) atoms. The van der Waals surface area contributed by atoms with Gasteiger partial charge in [0.25, 0.3) is 0 Å². The molecule has 1 fully saturated rings. The van der Waals surface area contributed by atoms with Gasteiger partial charge in [-0.2, -0.15) is 0 Å². The number of hydrogen-bond acceptors (Lipinski definition) is 4. The molecule has 0 saturated carbocycles. The number of rotatable bonds is 4. The van der Waals surface area contributed by atoms with E-state index < -0.39 is 0 Å². The summed E-state index contributed by atoms with van der Waals surface area (Å²) in [6, 6.07) is 3.87. The average molecular weight is 409 g/mol.